The molecule has 0 aliphatic carbocycles. The van der Waals surface area contributed by atoms with Crippen molar-refractivity contribution in [3.63, 3.8) is 0 Å². The van der Waals surface area contributed by atoms with Crippen LogP contribution in [0.25, 0.3) is 0 Å². The Labute approximate surface area is 191 Å². The van der Waals surface area contributed by atoms with Gasteiger partial charge in [0.1, 0.15) is 0 Å². The molecule has 0 amide bonds. The molecule has 0 aromatic heterocycles. The van der Waals surface area contributed by atoms with Crippen LogP contribution in [-0.2, 0) is 10.2 Å². The van der Waals surface area contributed by atoms with Crippen molar-refractivity contribution in [2.24, 2.45) is 17.8 Å². The summed E-state index contributed by atoms with van der Waals surface area (Å²) in [6.07, 6.45) is 7.26. The van der Waals surface area contributed by atoms with E-state index >= 15 is 0 Å². The maximum atomic E-state index is 11.4. The standard InChI is InChI=1S/C28H47NO2/c1-20(2)8-14-25(15-9-21(3)4)29-17-16-22(19-27(30)31)18-26(29)23-10-12-24(13-11-23)28(5,6)7/h10-13,20-22,25-26H,8-9,14-19H2,1-7H3,(H,30,31)/t22-,26+/m1/s1. The van der Waals surface area contributed by atoms with Gasteiger partial charge in [0.25, 0.3) is 0 Å². The maximum absolute atomic E-state index is 11.4. The molecule has 1 aromatic carbocycles. The molecule has 1 aromatic rings. The van der Waals surface area contributed by atoms with Crippen LogP contribution in [0.4, 0.5) is 0 Å². The van der Waals surface area contributed by atoms with Crippen LogP contribution in [-0.4, -0.2) is 28.6 Å². The third-order valence-electron chi connectivity index (χ3n) is 7.00. The second-order valence-electron chi connectivity index (χ2n) is 11.7. The number of nitrogens with zero attached hydrogens (tertiary/aromatic N) is 1. The maximum Gasteiger partial charge on any atom is 0.303 e. The van der Waals surface area contributed by atoms with E-state index in [0.29, 0.717) is 18.5 Å². The predicted molar refractivity (Wildman–Crippen MR) is 131 cm³/mol. The lowest BCUT2D eigenvalue weighted by Gasteiger charge is -2.45. The van der Waals surface area contributed by atoms with Gasteiger partial charge in [-0.1, -0.05) is 72.7 Å². The molecule has 2 rings (SSSR count). The van der Waals surface area contributed by atoms with Gasteiger partial charge in [-0.05, 0) is 79.4 Å². The number of hydrogen-bond acceptors (Lipinski definition) is 2. The van der Waals surface area contributed by atoms with E-state index in [9.17, 15) is 9.90 Å². The Balaban J connectivity index is 2.30. The summed E-state index contributed by atoms with van der Waals surface area (Å²) in [5.74, 6) is 1.06. The van der Waals surface area contributed by atoms with Crippen molar-refractivity contribution in [3.05, 3.63) is 35.4 Å². The highest BCUT2D eigenvalue weighted by molar-refractivity contribution is 5.67. The molecule has 1 fully saturated rings. The van der Waals surface area contributed by atoms with Gasteiger partial charge in [-0.25, -0.2) is 0 Å². The van der Waals surface area contributed by atoms with Crippen LogP contribution in [0.5, 0.6) is 0 Å². The summed E-state index contributed by atoms with van der Waals surface area (Å²) in [7, 11) is 0. The Kier molecular flexibility index (Phi) is 9.61. The number of carbonyl (C=O) groups is 1. The Bertz CT molecular complexity index is 659. The average molecular weight is 430 g/mol. The largest absolute Gasteiger partial charge is 0.481 e. The molecule has 1 N–H and O–H groups in total. The molecule has 31 heavy (non-hydrogen) atoms. The zero-order valence-electron chi connectivity index (χ0n) is 21.2. The molecule has 1 aliphatic heterocycles. The fourth-order valence-corrected chi connectivity index (χ4v) is 4.99. The zero-order chi connectivity index (χ0) is 23.2. The van der Waals surface area contributed by atoms with Gasteiger partial charge >= 0.3 is 5.97 Å². The van der Waals surface area contributed by atoms with Gasteiger partial charge in [0, 0.05) is 18.5 Å². The van der Waals surface area contributed by atoms with Crippen molar-refractivity contribution in [2.45, 2.75) is 111 Å². The first-order valence-electron chi connectivity index (χ1n) is 12.5. The van der Waals surface area contributed by atoms with Gasteiger partial charge < -0.3 is 5.11 Å². The molecule has 0 bridgehead atoms. The molecule has 0 radical (unpaired) electrons. The van der Waals surface area contributed by atoms with E-state index in [0.717, 1.165) is 31.2 Å². The smallest absolute Gasteiger partial charge is 0.303 e. The molecular formula is C28H47NO2. The molecule has 0 spiro atoms. The van der Waals surface area contributed by atoms with E-state index in [-0.39, 0.29) is 11.3 Å². The molecule has 1 heterocycles. The first-order chi connectivity index (χ1) is 14.5. The van der Waals surface area contributed by atoms with Crippen molar-refractivity contribution in [3.8, 4) is 0 Å². The van der Waals surface area contributed by atoms with E-state index < -0.39 is 5.97 Å². The Morgan fingerprint density at radius 1 is 1.00 bits per heavy atom. The minimum atomic E-state index is -0.656. The van der Waals surface area contributed by atoms with Crippen LogP contribution in [0.2, 0.25) is 0 Å². The second-order valence-corrected chi connectivity index (χ2v) is 11.7. The van der Waals surface area contributed by atoms with Crippen LogP contribution < -0.4 is 0 Å². The van der Waals surface area contributed by atoms with E-state index in [1.54, 1.807) is 0 Å². The molecule has 176 valence electrons. The van der Waals surface area contributed by atoms with E-state index in [4.69, 9.17) is 0 Å². The van der Waals surface area contributed by atoms with Crippen LogP contribution >= 0.6 is 0 Å². The third-order valence-corrected chi connectivity index (χ3v) is 7.00. The molecule has 0 saturated carbocycles. The SMILES string of the molecule is CC(C)CCC(CCC(C)C)N1CC[C@@H](CC(=O)O)C[C@H]1c1ccc(C(C)(C)C)cc1. The lowest BCUT2D eigenvalue weighted by molar-refractivity contribution is -0.138. The van der Waals surface area contributed by atoms with Gasteiger partial charge in [0.05, 0.1) is 0 Å². The molecule has 2 atom stereocenters. The number of benzene rings is 1. The summed E-state index contributed by atoms with van der Waals surface area (Å²) < 4.78 is 0. The van der Waals surface area contributed by atoms with Gasteiger partial charge in [-0.3, -0.25) is 9.69 Å². The fourth-order valence-electron chi connectivity index (χ4n) is 4.99. The minimum Gasteiger partial charge on any atom is -0.481 e. The molecule has 3 heteroatoms. The van der Waals surface area contributed by atoms with Crippen LogP contribution in [0.3, 0.4) is 0 Å². The first kappa shape index (κ1) is 25.9. The number of piperidine rings is 1. The quantitative estimate of drug-likeness (QED) is 0.420. The van der Waals surface area contributed by atoms with Crippen molar-refractivity contribution in [1.82, 2.24) is 4.90 Å². The van der Waals surface area contributed by atoms with Crippen LogP contribution in [0, 0.1) is 17.8 Å². The molecular weight excluding hydrogens is 382 g/mol. The number of likely N-dealkylation sites (tertiary alicyclic amines) is 1. The van der Waals surface area contributed by atoms with Gasteiger partial charge in [0.15, 0.2) is 0 Å². The highest BCUT2D eigenvalue weighted by atomic mass is 16.4. The van der Waals surface area contributed by atoms with Crippen molar-refractivity contribution in [1.29, 1.82) is 0 Å². The van der Waals surface area contributed by atoms with Gasteiger partial charge in [-0.15, -0.1) is 0 Å². The lowest BCUT2D eigenvalue weighted by atomic mass is 9.81. The van der Waals surface area contributed by atoms with Crippen LogP contribution in [0.1, 0.15) is 111 Å². The number of aliphatic carboxylic acids is 1. The molecule has 3 nitrogen and oxygen atoms in total. The van der Waals surface area contributed by atoms with Crippen LogP contribution in [0.15, 0.2) is 24.3 Å². The van der Waals surface area contributed by atoms with E-state index in [1.165, 1.54) is 36.8 Å². The number of hydrogen-bond donors (Lipinski definition) is 1. The summed E-state index contributed by atoms with van der Waals surface area (Å²) in [6, 6.07) is 10.1. The predicted octanol–water partition coefficient (Wildman–Crippen LogP) is 7.45. The first-order valence-corrected chi connectivity index (χ1v) is 12.5. The average Bonchev–Trinajstić information content (AvgIpc) is 2.67. The highest BCUT2D eigenvalue weighted by Crippen LogP contribution is 2.39. The zero-order valence-corrected chi connectivity index (χ0v) is 21.2. The normalized spacial score (nSPS) is 20.7. The topological polar surface area (TPSA) is 40.5 Å². The van der Waals surface area contributed by atoms with Crippen molar-refractivity contribution >= 4 is 5.97 Å². The lowest BCUT2D eigenvalue weighted by Crippen LogP contribution is -2.44. The summed E-state index contributed by atoms with van der Waals surface area (Å²) in [6.45, 7) is 17.1. The minimum absolute atomic E-state index is 0.147. The number of carboxylic acids is 1. The summed E-state index contributed by atoms with van der Waals surface area (Å²) in [5.41, 5.74) is 2.87. The van der Waals surface area contributed by atoms with Crippen molar-refractivity contribution < 1.29 is 9.90 Å². The molecule has 1 aliphatic rings. The molecule has 0 unspecified atom stereocenters. The summed E-state index contributed by atoms with van der Waals surface area (Å²) in [4.78, 5) is 14.2. The van der Waals surface area contributed by atoms with E-state index in [1.807, 2.05) is 0 Å². The van der Waals surface area contributed by atoms with Gasteiger partial charge in [-0.2, -0.15) is 0 Å². The Morgan fingerprint density at radius 3 is 2.00 bits per heavy atom. The van der Waals surface area contributed by atoms with Crippen molar-refractivity contribution in [2.75, 3.05) is 6.54 Å². The third kappa shape index (κ3) is 8.25. The number of carboxylic acid groups (broad SMARTS) is 1. The van der Waals surface area contributed by atoms with Gasteiger partial charge in [0.2, 0.25) is 0 Å². The Morgan fingerprint density at radius 2 is 1.55 bits per heavy atom. The number of rotatable bonds is 10. The summed E-state index contributed by atoms with van der Waals surface area (Å²) in [5, 5.41) is 9.40. The fraction of sp³-hybridized carbons (Fsp3) is 0.750. The highest BCUT2D eigenvalue weighted by Gasteiger charge is 2.34. The molecule has 1 saturated heterocycles. The second kappa shape index (κ2) is 11.5. The van der Waals surface area contributed by atoms with E-state index in [2.05, 4.69) is 77.6 Å². The summed E-state index contributed by atoms with van der Waals surface area (Å²) >= 11 is 0. The monoisotopic (exact) mass is 429 g/mol. The Hall–Kier alpha value is -1.35.